The Labute approximate surface area is 143 Å². The van der Waals surface area contributed by atoms with Gasteiger partial charge in [-0.1, -0.05) is 60.7 Å². The van der Waals surface area contributed by atoms with Gasteiger partial charge in [-0.2, -0.15) is 4.98 Å². The number of rotatable bonds is 3. The maximum absolute atomic E-state index is 6.18. The van der Waals surface area contributed by atoms with Crippen LogP contribution in [0.3, 0.4) is 0 Å². The maximum Gasteiger partial charge on any atom is 0.223 e. The van der Waals surface area contributed by atoms with Crippen LogP contribution in [-0.4, -0.2) is 9.97 Å². The third-order valence-corrected chi connectivity index (χ3v) is 5.13. The number of benzene rings is 2. The second-order valence-corrected chi connectivity index (χ2v) is 6.58. The van der Waals surface area contributed by atoms with E-state index in [0.717, 1.165) is 27.8 Å². The Hall–Kier alpha value is -2.92. The van der Waals surface area contributed by atoms with Gasteiger partial charge >= 0.3 is 0 Å². The number of aromatic nitrogens is 2. The fourth-order valence-corrected chi connectivity index (χ4v) is 4.11. The Morgan fingerprint density at radius 1 is 0.833 bits per heavy atom. The molecule has 0 bridgehead atoms. The Balaban J connectivity index is 1.97. The maximum atomic E-state index is 6.18. The zero-order chi connectivity index (χ0) is 16.5. The first-order valence-electron chi connectivity index (χ1n) is 7.66. The summed E-state index contributed by atoms with van der Waals surface area (Å²) in [6.45, 7) is 0. The number of nitrogens with zero attached hydrogens (tertiary/aromatic N) is 2. The van der Waals surface area contributed by atoms with Crippen molar-refractivity contribution in [3.8, 4) is 10.4 Å². The zero-order valence-electron chi connectivity index (χ0n) is 12.9. The van der Waals surface area contributed by atoms with E-state index in [1.807, 2.05) is 36.4 Å². The molecule has 24 heavy (non-hydrogen) atoms. The van der Waals surface area contributed by atoms with Crippen molar-refractivity contribution < 1.29 is 0 Å². The van der Waals surface area contributed by atoms with Crippen molar-refractivity contribution in [2.24, 2.45) is 0 Å². The second kappa shape index (κ2) is 5.94. The molecule has 0 unspecified atom stereocenters. The van der Waals surface area contributed by atoms with Crippen molar-refractivity contribution in [2.75, 3.05) is 11.5 Å². The molecule has 4 N–H and O–H groups in total. The number of nitrogens with two attached hydrogens (primary N) is 2. The lowest BCUT2D eigenvalue weighted by Gasteiger charge is -2.06. The van der Waals surface area contributed by atoms with Gasteiger partial charge in [-0.25, -0.2) is 4.98 Å². The van der Waals surface area contributed by atoms with Crippen LogP contribution in [0.5, 0.6) is 0 Å². The molecule has 0 saturated carbocycles. The molecule has 4 nitrogen and oxygen atoms in total. The summed E-state index contributed by atoms with van der Waals surface area (Å²) in [5.41, 5.74) is 15.5. The van der Waals surface area contributed by atoms with Gasteiger partial charge in [0.2, 0.25) is 5.95 Å². The first kappa shape index (κ1) is 14.7. The first-order valence-corrected chi connectivity index (χ1v) is 8.47. The summed E-state index contributed by atoms with van der Waals surface area (Å²) in [5.74, 6) is 0.661. The van der Waals surface area contributed by atoms with E-state index in [0.29, 0.717) is 5.82 Å². The van der Waals surface area contributed by atoms with Crippen LogP contribution in [-0.2, 0) is 6.42 Å². The molecular weight excluding hydrogens is 316 g/mol. The molecule has 0 saturated heterocycles. The molecule has 4 aromatic rings. The number of hydrogen-bond donors (Lipinski definition) is 2. The Kier molecular flexibility index (Phi) is 3.63. The van der Waals surface area contributed by atoms with Gasteiger partial charge in [0.1, 0.15) is 10.6 Å². The second-order valence-electron chi connectivity index (χ2n) is 5.59. The molecule has 2 aromatic carbocycles. The predicted molar refractivity (Wildman–Crippen MR) is 101 cm³/mol. The average Bonchev–Trinajstić information content (AvgIpc) is 2.95. The predicted octanol–water partition coefficient (Wildman–Crippen LogP) is 4.11. The molecule has 0 amide bonds. The van der Waals surface area contributed by atoms with E-state index >= 15 is 0 Å². The minimum atomic E-state index is 0.215. The van der Waals surface area contributed by atoms with Gasteiger partial charge in [-0.15, -0.1) is 11.3 Å². The quantitative estimate of drug-likeness (QED) is 0.592. The summed E-state index contributed by atoms with van der Waals surface area (Å²) in [6, 6.07) is 20.6. The van der Waals surface area contributed by atoms with E-state index < -0.39 is 0 Å². The summed E-state index contributed by atoms with van der Waals surface area (Å²) in [7, 11) is 0. The molecule has 0 spiro atoms. The monoisotopic (exact) mass is 332 g/mol. The van der Waals surface area contributed by atoms with E-state index in [1.165, 1.54) is 10.4 Å². The van der Waals surface area contributed by atoms with Gasteiger partial charge in [-0.05, 0) is 23.1 Å². The third-order valence-electron chi connectivity index (χ3n) is 3.96. The smallest absolute Gasteiger partial charge is 0.223 e. The van der Waals surface area contributed by atoms with Gasteiger partial charge in [0.05, 0.1) is 5.39 Å². The molecular formula is C19H16N4S. The van der Waals surface area contributed by atoms with Crippen LogP contribution in [0.2, 0.25) is 0 Å². The normalized spacial score (nSPS) is 11.0. The molecule has 0 aliphatic heterocycles. The van der Waals surface area contributed by atoms with Crippen molar-refractivity contribution in [3.05, 3.63) is 71.8 Å². The van der Waals surface area contributed by atoms with Crippen molar-refractivity contribution in [1.29, 1.82) is 0 Å². The summed E-state index contributed by atoms with van der Waals surface area (Å²) >= 11 is 1.61. The van der Waals surface area contributed by atoms with E-state index in [9.17, 15) is 0 Å². The van der Waals surface area contributed by atoms with Gasteiger partial charge in [0.15, 0.2) is 0 Å². The molecule has 0 aliphatic carbocycles. The van der Waals surface area contributed by atoms with Crippen molar-refractivity contribution in [2.45, 2.75) is 6.42 Å². The molecule has 2 heterocycles. The molecule has 0 fully saturated rings. The van der Waals surface area contributed by atoms with Crippen molar-refractivity contribution in [1.82, 2.24) is 9.97 Å². The number of fused-ring (bicyclic) bond motifs is 1. The molecule has 0 radical (unpaired) electrons. The van der Waals surface area contributed by atoms with Crippen LogP contribution in [0.25, 0.3) is 20.7 Å². The molecule has 0 atom stereocenters. The van der Waals surface area contributed by atoms with E-state index in [4.69, 9.17) is 11.5 Å². The van der Waals surface area contributed by atoms with Gasteiger partial charge in [-0.3, -0.25) is 0 Å². The van der Waals surface area contributed by atoms with Crippen LogP contribution < -0.4 is 11.5 Å². The molecule has 5 heteroatoms. The Morgan fingerprint density at radius 3 is 2.21 bits per heavy atom. The van der Waals surface area contributed by atoms with E-state index in [-0.39, 0.29) is 5.95 Å². The van der Waals surface area contributed by atoms with Crippen LogP contribution in [0, 0.1) is 0 Å². The fraction of sp³-hybridized carbons (Fsp3) is 0.0526. The minimum absolute atomic E-state index is 0.215. The number of thiophene rings is 1. The number of anilines is 2. The van der Waals surface area contributed by atoms with E-state index in [2.05, 4.69) is 34.2 Å². The summed E-state index contributed by atoms with van der Waals surface area (Å²) in [5, 5.41) is 0.914. The minimum Gasteiger partial charge on any atom is -0.383 e. The molecule has 2 aromatic heterocycles. The molecule has 0 aliphatic rings. The van der Waals surface area contributed by atoms with Crippen LogP contribution in [0.15, 0.2) is 60.7 Å². The highest BCUT2D eigenvalue weighted by Gasteiger charge is 2.18. The highest BCUT2D eigenvalue weighted by molar-refractivity contribution is 7.22. The fourth-order valence-electron chi connectivity index (χ4n) is 2.89. The lowest BCUT2D eigenvalue weighted by atomic mass is 10.00. The molecule has 4 rings (SSSR count). The third kappa shape index (κ3) is 2.59. The van der Waals surface area contributed by atoms with Gasteiger partial charge < -0.3 is 11.5 Å². The summed E-state index contributed by atoms with van der Waals surface area (Å²) < 4.78 is 0. The Bertz CT molecular complexity index is 994. The number of nitrogen functional groups attached to an aromatic ring is 2. The zero-order valence-corrected chi connectivity index (χ0v) is 13.8. The number of hydrogen-bond acceptors (Lipinski definition) is 5. The highest BCUT2D eigenvalue weighted by Crippen LogP contribution is 2.41. The average molecular weight is 332 g/mol. The van der Waals surface area contributed by atoms with Gasteiger partial charge in [0.25, 0.3) is 0 Å². The van der Waals surface area contributed by atoms with Crippen LogP contribution >= 0.6 is 11.3 Å². The summed E-state index contributed by atoms with van der Waals surface area (Å²) in [6.07, 6.45) is 0.780. The van der Waals surface area contributed by atoms with Crippen LogP contribution in [0.4, 0.5) is 11.8 Å². The van der Waals surface area contributed by atoms with Crippen LogP contribution in [0.1, 0.15) is 11.1 Å². The Morgan fingerprint density at radius 2 is 1.50 bits per heavy atom. The highest BCUT2D eigenvalue weighted by atomic mass is 32.1. The van der Waals surface area contributed by atoms with E-state index in [1.54, 1.807) is 11.3 Å². The standard InChI is InChI=1S/C19H16N4S/c20-17-15-14(11-12-7-3-1-4-8-12)16(13-9-5-2-6-10-13)24-18(15)23-19(21)22-17/h1-10H,11H2,(H4,20,21,22,23). The lowest BCUT2D eigenvalue weighted by Crippen LogP contribution is -2.00. The summed E-state index contributed by atoms with van der Waals surface area (Å²) in [4.78, 5) is 10.6. The SMILES string of the molecule is Nc1nc(N)c2c(Cc3ccccc3)c(-c3ccccc3)sc2n1. The van der Waals surface area contributed by atoms with Crippen molar-refractivity contribution >= 4 is 33.3 Å². The lowest BCUT2D eigenvalue weighted by molar-refractivity contribution is 1.21. The topological polar surface area (TPSA) is 77.8 Å². The molecule has 118 valence electrons. The van der Waals surface area contributed by atoms with Gasteiger partial charge in [0, 0.05) is 4.88 Å². The first-order chi connectivity index (χ1) is 11.7. The largest absolute Gasteiger partial charge is 0.383 e. The van der Waals surface area contributed by atoms with Crippen molar-refractivity contribution in [3.63, 3.8) is 0 Å².